The van der Waals surface area contributed by atoms with Gasteiger partial charge in [-0.25, -0.2) is 0 Å². The second kappa shape index (κ2) is 7.47. The minimum absolute atomic E-state index is 0.217. The molecular weight excluding hydrogens is 290 g/mol. The summed E-state index contributed by atoms with van der Waals surface area (Å²) in [5.74, 6) is 0.217. The molecule has 0 amide bonds. The smallest absolute Gasteiger partial charge is 0.139 e. The summed E-state index contributed by atoms with van der Waals surface area (Å²) in [6, 6.07) is 8.04. The average molecular weight is 317 g/mol. The van der Waals surface area contributed by atoms with Crippen LogP contribution in [0.25, 0.3) is 11.0 Å². The van der Waals surface area contributed by atoms with E-state index < -0.39 is 5.60 Å². The van der Waals surface area contributed by atoms with Gasteiger partial charge in [0.15, 0.2) is 0 Å². The Balaban J connectivity index is 1.91. The number of hydrogen-bond acceptors (Lipinski definition) is 4. The quantitative estimate of drug-likeness (QED) is 0.768. The van der Waals surface area contributed by atoms with Gasteiger partial charge in [0.2, 0.25) is 0 Å². The van der Waals surface area contributed by atoms with E-state index in [0.29, 0.717) is 0 Å². The number of piperidine rings is 1. The number of rotatable bonds is 7. The second-order valence-corrected chi connectivity index (χ2v) is 6.56. The van der Waals surface area contributed by atoms with Gasteiger partial charge >= 0.3 is 0 Å². The van der Waals surface area contributed by atoms with Crippen LogP contribution in [0.3, 0.4) is 0 Å². The number of benzene rings is 1. The number of fused-ring (bicyclic) bond motifs is 1. The van der Waals surface area contributed by atoms with Crippen molar-refractivity contribution in [3.8, 4) is 0 Å². The number of furan rings is 1. The molecule has 0 radical (unpaired) electrons. The molecule has 23 heavy (non-hydrogen) atoms. The van der Waals surface area contributed by atoms with Crippen LogP contribution in [0.4, 0.5) is 0 Å². The molecule has 0 saturated carbocycles. The molecule has 1 aliphatic rings. The summed E-state index contributed by atoms with van der Waals surface area (Å²) in [4.78, 5) is 0. The van der Waals surface area contributed by atoms with Crippen LogP contribution < -0.4 is 5.32 Å². The van der Waals surface area contributed by atoms with Crippen LogP contribution in [0.2, 0.25) is 0 Å². The Kier molecular flexibility index (Phi) is 5.36. The lowest BCUT2D eigenvalue weighted by Crippen LogP contribution is -2.44. The molecule has 1 aliphatic heterocycles. The molecule has 2 heterocycles. The topological polar surface area (TPSA) is 54.6 Å². The van der Waals surface area contributed by atoms with Crippen LogP contribution in [0.5, 0.6) is 0 Å². The van der Waals surface area contributed by atoms with Crippen molar-refractivity contribution in [3.05, 3.63) is 36.1 Å². The van der Waals surface area contributed by atoms with Crippen LogP contribution >= 0.6 is 0 Å². The average Bonchev–Trinajstić information content (AvgIpc) is 3.08. The first kappa shape index (κ1) is 16.5. The van der Waals surface area contributed by atoms with E-state index in [4.69, 9.17) is 9.15 Å². The van der Waals surface area contributed by atoms with Crippen molar-refractivity contribution >= 4 is 11.0 Å². The number of ether oxygens (including phenoxy) is 1. The molecule has 2 atom stereocenters. The Labute approximate surface area is 137 Å². The Hall–Kier alpha value is -1.36. The number of methoxy groups -OCH3 is 1. The first-order chi connectivity index (χ1) is 11.3. The summed E-state index contributed by atoms with van der Waals surface area (Å²) >= 11 is 0. The third kappa shape index (κ3) is 3.44. The fourth-order valence-electron chi connectivity index (χ4n) is 3.79. The van der Waals surface area contributed by atoms with Crippen molar-refractivity contribution in [1.29, 1.82) is 0 Å². The van der Waals surface area contributed by atoms with Crippen molar-refractivity contribution in [2.24, 2.45) is 5.92 Å². The van der Waals surface area contributed by atoms with Gasteiger partial charge in [-0.3, -0.25) is 0 Å². The zero-order valence-electron chi connectivity index (χ0n) is 13.9. The maximum atomic E-state index is 11.7. The fraction of sp³-hybridized carbons (Fsp3) is 0.579. The minimum Gasteiger partial charge on any atom is -0.464 e. The van der Waals surface area contributed by atoms with E-state index in [-0.39, 0.29) is 5.92 Å². The predicted molar refractivity (Wildman–Crippen MR) is 91.4 cm³/mol. The van der Waals surface area contributed by atoms with Gasteiger partial charge in [0.25, 0.3) is 0 Å². The first-order valence-electron chi connectivity index (χ1n) is 8.64. The van der Waals surface area contributed by atoms with Gasteiger partial charge in [-0.15, -0.1) is 0 Å². The zero-order valence-corrected chi connectivity index (χ0v) is 13.9. The number of para-hydroxylation sites is 1. The second-order valence-electron chi connectivity index (χ2n) is 6.56. The maximum absolute atomic E-state index is 11.7. The lowest BCUT2D eigenvalue weighted by atomic mass is 9.74. The molecule has 1 aromatic carbocycles. The number of unbranched alkanes of at least 4 members (excludes halogenated alkanes) is 1. The molecule has 0 aliphatic carbocycles. The molecule has 1 fully saturated rings. The summed E-state index contributed by atoms with van der Waals surface area (Å²) in [6.07, 6.45) is 6.51. The lowest BCUT2D eigenvalue weighted by Gasteiger charge is -2.39. The Bertz CT molecular complexity index is 618. The third-order valence-corrected chi connectivity index (χ3v) is 5.07. The zero-order chi connectivity index (χ0) is 16.1. The van der Waals surface area contributed by atoms with Crippen molar-refractivity contribution in [2.75, 3.05) is 26.8 Å². The summed E-state index contributed by atoms with van der Waals surface area (Å²) in [6.45, 7) is 2.64. The van der Waals surface area contributed by atoms with E-state index in [1.165, 1.54) is 0 Å². The molecule has 3 rings (SSSR count). The van der Waals surface area contributed by atoms with Crippen molar-refractivity contribution < 1.29 is 14.3 Å². The molecule has 1 saturated heterocycles. The molecule has 126 valence electrons. The molecule has 2 N–H and O–H groups in total. The molecule has 1 aromatic heterocycles. The van der Waals surface area contributed by atoms with Crippen LogP contribution in [0, 0.1) is 5.92 Å². The van der Waals surface area contributed by atoms with Gasteiger partial charge in [0.1, 0.15) is 5.58 Å². The van der Waals surface area contributed by atoms with Gasteiger partial charge < -0.3 is 19.6 Å². The van der Waals surface area contributed by atoms with Crippen molar-refractivity contribution in [3.63, 3.8) is 0 Å². The first-order valence-corrected chi connectivity index (χ1v) is 8.64. The van der Waals surface area contributed by atoms with Gasteiger partial charge in [-0.05, 0) is 44.7 Å². The molecule has 0 bridgehead atoms. The Morgan fingerprint density at radius 2 is 2.26 bits per heavy atom. The molecule has 0 spiro atoms. The highest BCUT2D eigenvalue weighted by molar-refractivity contribution is 5.81. The van der Waals surface area contributed by atoms with Gasteiger partial charge in [-0.2, -0.15) is 0 Å². The Morgan fingerprint density at radius 3 is 3.04 bits per heavy atom. The normalized spacial score (nSPS) is 21.4. The van der Waals surface area contributed by atoms with E-state index in [1.807, 2.05) is 24.3 Å². The third-order valence-electron chi connectivity index (χ3n) is 5.07. The fourth-order valence-corrected chi connectivity index (χ4v) is 3.79. The molecule has 4 nitrogen and oxygen atoms in total. The lowest BCUT2D eigenvalue weighted by molar-refractivity contribution is -0.0428. The van der Waals surface area contributed by atoms with E-state index >= 15 is 0 Å². The maximum Gasteiger partial charge on any atom is 0.139 e. The number of nitrogens with one attached hydrogen (secondary N) is 1. The molecule has 4 heteroatoms. The largest absolute Gasteiger partial charge is 0.464 e. The summed E-state index contributed by atoms with van der Waals surface area (Å²) < 4.78 is 10.9. The van der Waals surface area contributed by atoms with Gasteiger partial charge in [0.05, 0.1) is 11.9 Å². The van der Waals surface area contributed by atoms with Crippen molar-refractivity contribution in [2.45, 2.75) is 37.7 Å². The highest BCUT2D eigenvalue weighted by Crippen LogP contribution is 2.41. The molecule has 0 unspecified atom stereocenters. The highest BCUT2D eigenvalue weighted by atomic mass is 16.5. The van der Waals surface area contributed by atoms with E-state index in [0.717, 1.165) is 68.3 Å². The Morgan fingerprint density at radius 1 is 1.35 bits per heavy atom. The number of aliphatic hydroxyl groups is 1. The number of hydrogen-bond donors (Lipinski definition) is 2. The van der Waals surface area contributed by atoms with E-state index in [9.17, 15) is 5.11 Å². The molecule has 2 aromatic rings. The van der Waals surface area contributed by atoms with E-state index in [2.05, 4.69) is 5.32 Å². The highest BCUT2D eigenvalue weighted by Gasteiger charge is 2.40. The standard InChI is InChI=1S/C19H27NO3/c1-22-12-3-2-10-19(21,16-7-5-11-20-14-16)17-8-4-6-15-9-13-23-18(15)17/h4,6,8-9,13,16,20-21H,2-3,5,7,10-12,14H2,1H3/t16-,19+/m1/s1. The SMILES string of the molecule is COCCCC[C@@](O)(c1cccc2ccoc12)[C@@H]1CCCNC1. The summed E-state index contributed by atoms with van der Waals surface area (Å²) in [7, 11) is 1.72. The van der Waals surface area contributed by atoms with Gasteiger partial charge in [0, 0.05) is 37.1 Å². The summed E-state index contributed by atoms with van der Waals surface area (Å²) in [5.41, 5.74) is 0.914. The van der Waals surface area contributed by atoms with E-state index in [1.54, 1.807) is 13.4 Å². The van der Waals surface area contributed by atoms with Crippen molar-refractivity contribution in [1.82, 2.24) is 5.32 Å². The summed E-state index contributed by atoms with van der Waals surface area (Å²) in [5, 5.41) is 16.2. The minimum atomic E-state index is -0.849. The van der Waals surface area contributed by atoms with Crippen LogP contribution in [-0.2, 0) is 10.3 Å². The molecular formula is C19H27NO3. The van der Waals surface area contributed by atoms with Gasteiger partial charge in [-0.1, -0.05) is 18.2 Å². The van der Waals surface area contributed by atoms with Crippen LogP contribution in [-0.4, -0.2) is 31.9 Å². The predicted octanol–water partition coefficient (Wildman–Crippen LogP) is 3.44. The monoisotopic (exact) mass is 317 g/mol. The van der Waals surface area contributed by atoms with Crippen LogP contribution in [0.1, 0.15) is 37.7 Å². The van der Waals surface area contributed by atoms with Crippen LogP contribution in [0.15, 0.2) is 34.9 Å².